The van der Waals surface area contributed by atoms with Crippen molar-refractivity contribution in [3.8, 4) is 5.75 Å². The number of carbonyl (C=O) groups is 2. The van der Waals surface area contributed by atoms with Crippen molar-refractivity contribution in [2.24, 2.45) is 22.5 Å². The van der Waals surface area contributed by atoms with E-state index in [4.69, 9.17) is 10.5 Å². The van der Waals surface area contributed by atoms with Crippen molar-refractivity contribution in [3.05, 3.63) is 29.3 Å². The van der Waals surface area contributed by atoms with Crippen LogP contribution in [0.3, 0.4) is 0 Å². The van der Waals surface area contributed by atoms with E-state index < -0.39 is 0 Å². The second-order valence-electron chi connectivity index (χ2n) is 9.97. The first-order valence-corrected chi connectivity index (χ1v) is 10.7. The molecule has 0 fully saturated rings. The fraction of sp³-hybridized carbons (Fsp3) is 0.667. The van der Waals surface area contributed by atoms with Crippen LogP contribution in [-0.2, 0) is 32.0 Å². The van der Waals surface area contributed by atoms with Crippen molar-refractivity contribution in [2.45, 2.75) is 54.5 Å². The Bertz CT molecular complexity index is 745. The minimum absolute atomic E-state index is 0.0422. The van der Waals surface area contributed by atoms with Crippen LogP contribution in [0, 0.1) is 16.7 Å². The van der Waals surface area contributed by atoms with E-state index in [-0.39, 0.29) is 34.4 Å². The second-order valence-corrected chi connectivity index (χ2v) is 9.97. The standard InChI is InChI=1S/C21H34N2O3.C3H6O2/c1-15-8-16-6-7-18(24)9-17(16)10-23(19(15)25)12-21(4,5)14-26-13-20(2,3)11-22;1-3(4)5-2/h6-7,9,15,24H,8,10-14,22H2,1-5H3;1-2H3. The average Bonchev–Trinajstić information content (AvgIpc) is 2.78. The van der Waals surface area contributed by atoms with Gasteiger partial charge in [0, 0.05) is 36.8 Å². The molecule has 7 nitrogen and oxygen atoms in total. The number of nitrogens with zero attached hydrogens (tertiary/aromatic N) is 1. The molecule has 0 aliphatic carbocycles. The van der Waals surface area contributed by atoms with Gasteiger partial charge in [0.1, 0.15) is 5.75 Å². The van der Waals surface area contributed by atoms with E-state index in [0.717, 1.165) is 11.1 Å². The van der Waals surface area contributed by atoms with Crippen molar-refractivity contribution in [2.75, 3.05) is 33.4 Å². The first-order valence-electron chi connectivity index (χ1n) is 10.7. The molecular weight excluding hydrogens is 396 g/mol. The number of methoxy groups -OCH3 is 1. The molecule has 1 atom stereocenters. The highest BCUT2D eigenvalue weighted by Crippen LogP contribution is 2.29. The summed E-state index contributed by atoms with van der Waals surface area (Å²) in [6, 6.07) is 5.41. The van der Waals surface area contributed by atoms with Gasteiger partial charge in [0.15, 0.2) is 0 Å². The third kappa shape index (κ3) is 9.27. The number of nitrogens with two attached hydrogens (primary N) is 1. The van der Waals surface area contributed by atoms with Crippen molar-refractivity contribution < 1.29 is 24.2 Å². The van der Waals surface area contributed by atoms with E-state index in [2.05, 4.69) is 32.4 Å². The largest absolute Gasteiger partial charge is 0.508 e. The molecule has 0 bridgehead atoms. The molecule has 0 spiro atoms. The minimum Gasteiger partial charge on any atom is -0.508 e. The number of benzene rings is 1. The van der Waals surface area contributed by atoms with Crippen LogP contribution in [0.1, 0.15) is 52.7 Å². The maximum absolute atomic E-state index is 12.9. The van der Waals surface area contributed by atoms with Gasteiger partial charge in [-0.1, -0.05) is 40.7 Å². The van der Waals surface area contributed by atoms with Crippen LogP contribution in [-0.4, -0.2) is 55.3 Å². The van der Waals surface area contributed by atoms with Gasteiger partial charge in [-0.3, -0.25) is 9.59 Å². The topological polar surface area (TPSA) is 102 Å². The van der Waals surface area contributed by atoms with E-state index in [9.17, 15) is 14.7 Å². The summed E-state index contributed by atoms with van der Waals surface area (Å²) in [4.78, 5) is 24.4. The maximum Gasteiger partial charge on any atom is 0.302 e. The Hall–Kier alpha value is -2.12. The lowest BCUT2D eigenvalue weighted by Gasteiger charge is -2.34. The molecule has 31 heavy (non-hydrogen) atoms. The summed E-state index contributed by atoms with van der Waals surface area (Å²) in [5.41, 5.74) is 7.73. The van der Waals surface area contributed by atoms with Crippen molar-refractivity contribution >= 4 is 11.9 Å². The number of hydrogen-bond acceptors (Lipinski definition) is 6. The highest BCUT2D eigenvalue weighted by atomic mass is 16.5. The summed E-state index contributed by atoms with van der Waals surface area (Å²) < 4.78 is 10.0. The van der Waals surface area contributed by atoms with E-state index in [0.29, 0.717) is 39.3 Å². The van der Waals surface area contributed by atoms with E-state index in [1.54, 1.807) is 12.1 Å². The van der Waals surface area contributed by atoms with Crippen molar-refractivity contribution in [1.82, 2.24) is 4.90 Å². The Morgan fingerprint density at radius 2 is 1.77 bits per heavy atom. The van der Waals surface area contributed by atoms with Crippen LogP contribution in [0.5, 0.6) is 5.75 Å². The van der Waals surface area contributed by atoms with Gasteiger partial charge in [-0.15, -0.1) is 0 Å². The molecule has 0 saturated heterocycles. The van der Waals surface area contributed by atoms with Gasteiger partial charge in [0.2, 0.25) is 5.91 Å². The normalized spacial score (nSPS) is 16.7. The SMILES string of the molecule is CC1Cc2ccc(O)cc2CN(CC(C)(C)COCC(C)(C)CN)C1=O.COC(C)=O. The molecule has 0 aromatic heterocycles. The highest BCUT2D eigenvalue weighted by molar-refractivity contribution is 5.79. The van der Waals surface area contributed by atoms with Crippen molar-refractivity contribution in [3.63, 3.8) is 0 Å². The van der Waals surface area contributed by atoms with Crippen LogP contribution in [0.4, 0.5) is 0 Å². The van der Waals surface area contributed by atoms with E-state index >= 15 is 0 Å². The summed E-state index contributed by atoms with van der Waals surface area (Å²) in [5.74, 6) is 0.104. The summed E-state index contributed by atoms with van der Waals surface area (Å²) in [7, 11) is 1.35. The molecule has 2 rings (SSSR count). The molecule has 1 heterocycles. The molecule has 176 valence electrons. The van der Waals surface area contributed by atoms with Gasteiger partial charge in [0.05, 0.1) is 20.3 Å². The summed E-state index contributed by atoms with van der Waals surface area (Å²) in [6.45, 7) is 14.7. The van der Waals surface area contributed by atoms with Gasteiger partial charge >= 0.3 is 5.97 Å². The fourth-order valence-corrected chi connectivity index (χ4v) is 3.33. The van der Waals surface area contributed by atoms with Crippen LogP contribution in [0.2, 0.25) is 0 Å². The monoisotopic (exact) mass is 436 g/mol. The number of amides is 1. The molecule has 1 aromatic rings. The zero-order valence-electron chi connectivity index (χ0n) is 20.2. The lowest BCUT2D eigenvalue weighted by atomic mass is 9.92. The molecule has 7 heteroatoms. The lowest BCUT2D eigenvalue weighted by molar-refractivity contribution is -0.138. The lowest BCUT2D eigenvalue weighted by Crippen LogP contribution is -2.42. The third-order valence-electron chi connectivity index (χ3n) is 5.25. The second kappa shape index (κ2) is 11.5. The molecule has 1 aromatic carbocycles. The molecule has 1 unspecified atom stereocenters. The number of phenols is 1. The number of phenolic OH excluding ortho intramolecular Hbond substituents is 1. The minimum atomic E-state index is -0.245. The number of aromatic hydroxyl groups is 1. The Morgan fingerprint density at radius 3 is 2.32 bits per heavy atom. The van der Waals surface area contributed by atoms with E-state index in [1.807, 2.05) is 17.9 Å². The highest BCUT2D eigenvalue weighted by Gasteiger charge is 2.31. The Morgan fingerprint density at radius 1 is 1.19 bits per heavy atom. The average molecular weight is 437 g/mol. The Kier molecular flexibility index (Phi) is 9.97. The number of ether oxygens (including phenoxy) is 2. The predicted octanol–water partition coefficient (Wildman–Crippen LogP) is 3.12. The molecule has 0 saturated carbocycles. The Balaban J connectivity index is 0.000000861. The molecule has 0 radical (unpaired) electrons. The number of esters is 1. The first-order chi connectivity index (χ1) is 14.3. The molecule has 1 amide bonds. The predicted molar refractivity (Wildman–Crippen MR) is 122 cm³/mol. The Labute approximate surface area is 186 Å². The quantitative estimate of drug-likeness (QED) is 0.637. The molecular formula is C24H40N2O5. The van der Waals surface area contributed by atoms with Crippen molar-refractivity contribution in [1.29, 1.82) is 0 Å². The summed E-state index contributed by atoms with van der Waals surface area (Å²) in [5, 5.41) is 9.81. The van der Waals surface area contributed by atoms with Gasteiger partial charge < -0.3 is 25.2 Å². The molecule has 1 aliphatic rings. The van der Waals surface area contributed by atoms with Gasteiger partial charge in [-0.25, -0.2) is 0 Å². The van der Waals surface area contributed by atoms with Crippen LogP contribution >= 0.6 is 0 Å². The summed E-state index contributed by atoms with van der Waals surface area (Å²) >= 11 is 0. The first kappa shape index (κ1) is 26.9. The smallest absolute Gasteiger partial charge is 0.302 e. The fourth-order valence-electron chi connectivity index (χ4n) is 3.33. The van der Waals surface area contributed by atoms with Gasteiger partial charge in [-0.05, 0) is 36.2 Å². The van der Waals surface area contributed by atoms with Gasteiger partial charge in [-0.2, -0.15) is 0 Å². The number of carbonyl (C=O) groups excluding carboxylic acids is 2. The zero-order valence-corrected chi connectivity index (χ0v) is 20.2. The number of rotatable bonds is 7. The van der Waals surface area contributed by atoms with Crippen LogP contribution in [0.25, 0.3) is 0 Å². The summed E-state index contributed by atoms with van der Waals surface area (Å²) in [6.07, 6.45) is 0.715. The molecule has 1 aliphatic heterocycles. The van der Waals surface area contributed by atoms with E-state index in [1.165, 1.54) is 14.0 Å². The van der Waals surface area contributed by atoms with Crippen LogP contribution < -0.4 is 5.73 Å². The van der Waals surface area contributed by atoms with Gasteiger partial charge in [0.25, 0.3) is 0 Å². The zero-order chi connectivity index (χ0) is 23.8. The third-order valence-corrected chi connectivity index (χ3v) is 5.25. The van der Waals surface area contributed by atoms with Crippen LogP contribution in [0.15, 0.2) is 18.2 Å². The number of hydrogen-bond donors (Lipinski definition) is 2. The number of fused-ring (bicyclic) bond motifs is 1. The molecule has 3 N–H and O–H groups in total. The maximum atomic E-state index is 12.9.